The molecule has 0 bridgehead atoms. The van der Waals surface area contributed by atoms with Crippen LogP contribution in [0.5, 0.6) is 0 Å². The third kappa shape index (κ3) is 21.7. The lowest BCUT2D eigenvalue weighted by Crippen LogP contribution is -1.94. The Kier molecular flexibility index (Phi) is 22.8. The van der Waals surface area contributed by atoms with Crippen molar-refractivity contribution in [3.8, 4) is 0 Å². The van der Waals surface area contributed by atoms with E-state index >= 15 is 0 Å². The minimum absolute atomic E-state index is 0.568. The molecule has 0 radical (unpaired) electrons. The van der Waals surface area contributed by atoms with Gasteiger partial charge in [-0.1, -0.05) is 162 Å². The lowest BCUT2D eigenvalue weighted by molar-refractivity contribution is 0.348. The summed E-state index contributed by atoms with van der Waals surface area (Å²) in [6, 6.07) is 0. The van der Waals surface area contributed by atoms with Crippen LogP contribution in [-0.4, -0.2) is 24.4 Å². The van der Waals surface area contributed by atoms with Crippen LogP contribution in [0.25, 0.3) is 0 Å². The number of epoxide rings is 2. The normalized spacial score (nSPS) is 22.6. The Hall–Kier alpha value is -0.0800. The SMILES string of the molecule is CCCCCCCCCCCC1OC1CCCCC.CCCCCCCCCCCCC1OC1C. The van der Waals surface area contributed by atoms with Gasteiger partial charge in [0.25, 0.3) is 0 Å². The smallest absolute Gasteiger partial charge is 0.0841 e. The summed E-state index contributed by atoms with van der Waals surface area (Å²) in [5, 5.41) is 0. The second kappa shape index (κ2) is 24.3. The Morgan fingerprint density at radius 1 is 0.343 bits per heavy atom. The topological polar surface area (TPSA) is 25.1 Å². The van der Waals surface area contributed by atoms with Crippen molar-refractivity contribution in [2.24, 2.45) is 0 Å². The summed E-state index contributed by atoms with van der Waals surface area (Å²) >= 11 is 0. The van der Waals surface area contributed by atoms with E-state index in [2.05, 4.69) is 27.7 Å². The molecular weight excluding hydrogens is 428 g/mol. The highest BCUT2D eigenvalue weighted by atomic mass is 16.6. The van der Waals surface area contributed by atoms with Crippen LogP contribution < -0.4 is 0 Å². The molecule has 0 spiro atoms. The van der Waals surface area contributed by atoms with E-state index in [0.717, 1.165) is 0 Å². The maximum Gasteiger partial charge on any atom is 0.0841 e. The van der Waals surface area contributed by atoms with E-state index in [4.69, 9.17) is 9.47 Å². The van der Waals surface area contributed by atoms with Gasteiger partial charge in [-0.05, 0) is 26.2 Å². The quantitative estimate of drug-likeness (QED) is 0.0931. The van der Waals surface area contributed by atoms with Crippen LogP contribution in [0, 0.1) is 0 Å². The van der Waals surface area contributed by atoms with E-state index in [9.17, 15) is 0 Å². The molecule has 2 aliphatic heterocycles. The van der Waals surface area contributed by atoms with Crippen molar-refractivity contribution in [1.29, 1.82) is 0 Å². The first kappa shape index (κ1) is 32.9. The van der Waals surface area contributed by atoms with Crippen molar-refractivity contribution in [2.75, 3.05) is 0 Å². The number of unbranched alkanes of at least 4 members (excludes halogenated alkanes) is 19. The van der Waals surface area contributed by atoms with Gasteiger partial charge in [0.2, 0.25) is 0 Å². The minimum Gasteiger partial charge on any atom is -0.370 e. The molecule has 2 fully saturated rings. The first-order chi connectivity index (χ1) is 17.2. The van der Waals surface area contributed by atoms with Gasteiger partial charge >= 0.3 is 0 Å². The van der Waals surface area contributed by atoms with Crippen LogP contribution in [-0.2, 0) is 9.47 Å². The van der Waals surface area contributed by atoms with Crippen LogP contribution in [0.1, 0.15) is 188 Å². The van der Waals surface area contributed by atoms with Crippen molar-refractivity contribution < 1.29 is 9.47 Å². The molecule has 210 valence electrons. The first-order valence-electron chi connectivity index (χ1n) is 16.5. The third-order valence-electron chi connectivity index (χ3n) is 8.05. The summed E-state index contributed by atoms with van der Waals surface area (Å²) in [7, 11) is 0. The largest absolute Gasteiger partial charge is 0.370 e. The Bertz CT molecular complexity index is 423. The fourth-order valence-corrected chi connectivity index (χ4v) is 5.30. The standard InChI is InChI=1S/C18H36O.C15H30O/c1-3-5-7-8-9-10-11-12-14-16-18-17(19-18)15-13-6-4-2;1-3-4-5-6-7-8-9-10-11-12-13-15-14(2)16-15/h17-18H,3-16H2,1-2H3;14-15H,3-13H2,1-2H3. The minimum atomic E-state index is 0.568. The Morgan fingerprint density at radius 2 is 0.600 bits per heavy atom. The zero-order valence-electron chi connectivity index (χ0n) is 24.8. The van der Waals surface area contributed by atoms with E-state index in [1.165, 1.54) is 161 Å². The van der Waals surface area contributed by atoms with Gasteiger partial charge < -0.3 is 9.47 Å². The van der Waals surface area contributed by atoms with Crippen molar-refractivity contribution in [3.05, 3.63) is 0 Å². The van der Waals surface area contributed by atoms with Gasteiger partial charge in [-0.2, -0.15) is 0 Å². The summed E-state index contributed by atoms with van der Waals surface area (Å²) in [6.07, 6.45) is 37.7. The lowest BCUT2D eigenvalue weighted by atomic mass is 10.0. The summed E-state index contributed by atoms with van der Waals surface area (Å²) in [5.74, 6) is 0. The molecule has 2 saturated heterocycles. The Balaban J connectivity index is 0.000000355. The number of rotatable bonds is 25. The summed E-state index contributed by atoms with van der Waals surface area (Å²) < 4.78 is 11.1. The van der Waals surface area contributed by atoms with Gasteiger partial charge in [0.15, 0.2) is 0 Å². The second-order valence-electron chi connectivity index (χ2n) is 11.7. The maximum absolute atomic E-state index is 5.74. The molecule has 4 unspecified atom stereocenters. The van der Waals surface area contributed by atoms with Gasteiger partial charge in [-0.25, -0.2) is 0 Å². The molecule has 0 amide bonds. The van der Waals surface area contributed by atoms with E-state index in [1.54, 1.807) is 0 Å². The maximum atomic E-state index is 5.74. The molecule has 0 saturated carbocycles. The number of ether oxygens (including phenoxy) is 2. The van der Waals surface area contributed by atoms with Gasteiger partial charge in [0.1, 0.15) is 0 Å². The van der Waals surface area contributed by atoms with E-state index < -0.39 is 0 Å². The molecule has 0 N–H and O–H groups in total. The molecule has 0 aromatic rings. The molecule has 35 heavy (non-hydrogen) atoms. The fourth-order valence-electron chi connectivity index (χ4n) is 5.30. The third-order valence-corrected chi connectivity index (χ3v) is 8.05. The van der Waals surface area contributed by atoms with E-state index in [1.807, 2.05) is 0 Å². The zero-order valence-corrected chi connectivity index (χ0v) is 24.8. The average molecular weight is 495 g/mol. The molecule has 2 rings (SSSR count). The van der Waals surface area contributed by atoms with Crippen molar-refractivity contribution in [3.63, 3.8) is 0 Å². The molecule has 2 heterocycles. The average Bonchev–Trinajstić information content (AvgIpc) is 3.78. The predicted molar refractivity (Wildman–Crippen MR) is 155 cm³/mol. The predicted octanol–water partition coefficient (Wildman–Crippen LogP) is 11.3. The van der Waals surface area contributed by atoms with Gasteiger partial charge in [0.05, 0.1) is 24.4 Å². The number of hydrogen-bond donors (Lipinski definition) is 0. The first-order valence-corrected chi connectivity index (χ1v) is 16.5. The van der Waals surface area contributed by atoms with E-state index in [0.29, 0.717) is 24.4 Å². The monoisotopic (exact) mass is 495 g/mol. The zero-order chi connectivity index (χ0) is 25.4. The summed E-state index contributed by atoms with van der Waals surface area (Å²) in [6.45, 7) is 9.02. The molecule has 0 aromatic heterocycles. The molecule has 0 aromatic carbocycles. The van der Waals surface area contributed by atoms with Gasteiger partial charge in [0, 0.05) is 0 Å². The van der Waals surface area contributed by atoms with Gasteiger partial charge in [-0.3, -0.25) is 0 Å². The number of hydrogen-bond acceptors (Lipinski definition) is 2. The van der Waals surface area contributed by atoms with E-state index in [-0.39, 0.29) is 0 Å². The van der Waals surface area contributed by atoms with Crippen LogP contribution in [0.3, 0.4) is 0 Å². The Morgan fingerprint density at radius 3 is 0.943 bits per heavy atom. The van der Waals surface area contributed by atoms with Crippen LogP contribution in [0.2, 0.25) is 0 Å². The molecular formula is C33H66O2. The second-order valence-corrected chi connectivity index (χ2v) is 11.7. The van der Waals surface area contributed by atoms with Gasteiger partial charge in [-0.15, -0.1) is 0 Å². The highest BCUT2D eigenvalue weighted by Gasteiger charge is 2.36. The molecule has 2 heteroatoms. The van der Waals surface area contributed by atoms with Crippen LogP contribution in [0.15, 0.2) is 0 Å². The van der Waals surface area contributed by atoms with Crippen LogP contribution in [0.4, 0.5) is 0 Å². The highest BCUT2D eigenvalue weighted by Crippen LogP contribution is 2.31. The Labute approximate surface area is 222 Å². The molecule has 2 nitrogen and oxygen atoms in total. The highest BCUT2D eigenvalue weighted by molar-refractivity contribution is 4.84. The fraction of sp³-hybridized carbons (Fsp3) is 1.00. The molecule has 4 atom stereocenters. The lowest BCUT2D eigenvalue weighted by Gasteiger charge is -2.01. The summed E-state index contributed by atoms with van der Waals surface area (Å²) in [4.78, 5) is 0. The van der Waals surface area contributed by atoms with Crippen molar-refractivity contribution in [1.82, 2.24) is 0 Å². The van der Waals surface area contributed by atoms with Crippen LogP contribution >= 0.6 is 0 Å². The molecule has 0 aliphatic carbocycles. The molecule has 2 aliphatic rings. The van der Waals surface area contributed by atoms with Crippen molar-refractivity contribution in [2.45, 2.75) is 213 Å². The van der Waals surface area contributed by atoms with Crippen molar-refractivity contribution >= 4 is 0 Å². The summed E-state index contributed by atoms with van der Waals surface area (Å²) in [5.41, 5.74) is 0.